The van der Waals surface area contributed by atoms with E-state index in [1.165, 1.54) is 24.4 Å². The quantitative estimate of drug-likeness (QED) is 0.478. The number of anilines is 1. The molecule has 9 nitrogen and oxygen atoms in total. The molecule has 32 heavy (non-hydrogen) atoms. The van der Waals surface area contributed by atoms with Gasteiger partial charge in [-0.05, 0) is 38.4 Å². The van der Waals surface area contributed by atoms with Gasteiger partial charge >= 0.3 is 0 Å². The third-order valence-corrected chi connectivity index (χ3v) is 4.92. The Morgan fingerprint density at radius 1 is 1.31 bits per heavy atom. The minimum atomic E-state index is -0.712. The number of likely N-dealkylation sites (N-methyl/N-ethyl adjacent to an activating group) is 1. The van der Waals surface area contributed by atoms with Gasteiger partial charge < -0.3 is 15.4 Å². The zero-order chi connectivity index (χ0) is 22.8. The number of ether oxygens (including phenoxy) is 1. The van der Waals surface area contributed by atoms with E-state index in [1.54, 1.807) is 18.3 Å². The van der Waals surface area contributed by atoms with Crippen LogP contribution in [0.5, 0.6) is 5.75 Å². The fourth-order valence-electron chi connectivity index (χ4n) is 3.32. The van der Waals surface area contributed by atoms with Gasteiger partial charge in [0.1, 0.15) is 35.3 Å². The number of nitrogen functional groups attached to an aromatic ring is 1. The first-order valence-corrected chi connectivity index (χ1v) is 9.73. The van der Waals surface area contributed by atoms with Crippen molar-refractivity contribution >= 4 is 16.7 Å². The lowest BCUT2D eigenvalue weighted by Gasteiger charge is -2.13. The highest BCUT2D eigenvalue weighted by molar-refractivity contribution is 5.97. The van der Waals surface area contributed by atoms with Crippen molar-refractivity contribution in [2.24, 2.45) is 0 Å². The molecule has 10 heteroatoms. The number of rotatable bonds is 6. The summed E-state index contributed by atoms with van der Waals surface area (Å²) < 4.78 is 21.4. The second-order valence-electron chi connectivity index (χ2n) is 7.36. The highest BCUT2D eigenvalue weighted by atomic mass is 19.1. The average molecular weight is 433 g/mol. The number of aromatic amines is 1. The number of nitrogens with one attached hydrogen (secondary N) is 1. The summed E-state index contributed by atoms with van der Waals surface area (Å²) in [6.07, 6.45) is 2.99. The van der Waals surface area contributed by atoms with Crippen LogP contribution >= 0.6 is 0 Å². The van der Waals surface area contributed by atoms with E-state index < -0.39 is 11.4 Å². The topological polar surface area (TPSA) is 126 Å². The lowest BCUT2D eigenvalue weighted by atomic mass is 10.1. The van der Waals surface area contributed by atoms with Crippen LogP contribution in [0, 0.1) is 17.1 Å². The number of para-hydroxylation sites is 1. The molecule has 0 unspecified atom stereocenters. The third kappa shape index (κ3) is 3.77. The molecular formula is C22H20FN7O2. The number of halogens is 1. The van der Waals surface area contributed by atoms with Gasteiger partial charge in [0.2, 0.25) is 0 Å². The number of fused-ring (bicyclic) bond motifs is 1. The van der Waals surface area contributed by atoms with Crippen LogP contribution in [0.25, 0.3) is 27.8 Å². The second-order valence-corrected chi connectivity index (χ2v) is 7.36. The van der Waals surface area contributed by atoms with Gasteiger partial charge in [-0.1, -0.05) is 6.07 Å². The van der Waals surface area contributed by atoms with Gasteiger partial charge in [-0.2, -0.15) is 10.4 Å². The summed E-state index contributed by atoms with van der Waals surface area (Å²) in [5.41, 5.74) is 6.50. The number of nitrogens with two attached hydrogens (primary N) is 1. The van der Waals surface area contributed by atoms with Gasteiger partial charge in [0.05, 0.1) is 23.0 Å². The first kappa shape index (κ1) is 21.0. The molecule has 0 aliphatic rings. The molecule has 3 N–H and O–H groups in total. The molecule has 4 aromatic rings. The molecular weight excluding hydrogens is 413 g/mol. The van der Waals surface area contributed by atoms with Crippen LogP contribution < -0.4 is 16.0 Å². The number of hydrogen-bond donors (Lipinski definition) is 2. The van der Waals surface area contributed by atoms with Crippen LogP contribution in [-0.2, 0) is 0 Å². The van der Waals surface area contributed by atoms with Crippen LogP contribution in [0.15, 0.2) is 47.5 Å². The molecule has 162 valence electrons. The van der Waals surface area contributed by atoms with Crippen LogP contribution in [0.1, 0.15) is 5.56 Å². The SMILES string of the molecule is CN(C)CCOc1ccc(-c2cn(-c3c(F)cccc3C#N)c(=O)c3c(N)n[nH]c23)nc1. The first-order chi connectivity index (χ1) is 15.4. The molecule has 0 amide bonds. The Hall–Kier alpha value is -4.23. The van der Waals surface area contributed by atoms with E-state index in [4.69, 9.17) is 10.5 Å². The smallest absolute Gasteiger partial charge is 0.268 e. The molecule has 0 bridgehead atoms. The van der Waals surface area contributed by atoms with Gasteiger partial charge in [0.15, 0.2) is 5.82 Å². The summed E-state index contributed by atoms with van der Waals surface area (Å²) in [5.74, 6) is -0.152. The van der Waals surface area contributed by atoms with Crippen molar-refractivity contribution in [3.8, 4) is 28.8 Å². The minimum Gasteiger partial charge on any atom is -0.491 e. The Balaban J connectivity index is 1.86. The Kier molecular flexibility index (Phi) is 5.57. The van der Waals surface area contributed by atoms with E-state index >= 15 is 0 Å². The average Bonchev–Trinajstić information content (AvgIpc) is 3.17. The summed E-state index contributed by atoms with van der Waals surface area (Å²) >= 11 is 0. The highest BCUT2D eigenvalue weighted by Crippen LogP contribution is 2.29. The van der Waals surface area contributed by atoms with Crippen molar-refractivity contribution in [3.05, 3.63) is 64.5 Å². The van der Waals surface area contributed by atoms with Crippen molar-refractivity contribution in [1.29, 1.82) is 5.26 Å². The van der Waals surface area contributed by atoms with Crippen molar-refractivity contribution in [2.75, 3.05) is 33.0 Å². The van der Waals surface area contributed by atoms with Crippen molar-refractivity contribution in [1.82, 2.24) is 24.6 Å². The predicted molar refractivity (Wildman–Crippen MR) is 118 cm³/mol. The van der Waals surface area contributed by atoms with Crippen molar-refractivity contribution in [2.45, 2.75) is 0 Å². The zero-order valence-corrected chi connectivity index (χ0v) is 17.5. The van der Waals surface area contributed by atoms with Crippen molar-refractivity contribution in [3.63, 3.8) is 0 Å². The molecule has 0 saturated carbocycles. The molecule has 0 spiro atoms. The van der Waals surface area contributed by atoms with Gasteiger partial charge in [0.25, 0.3) is 5.56 Å². The zero-order valence-electron chi connectivity index (χ0n) is 17.5. The maximum Gasteiger partial charge on any atom is 0.268 e. The maximum absolute atomic E-state index is 14.7. The molecule has 4 rings (SSSR count). The molecule has 0 saturated heterocycles. The fraction of sp³-hybridized carbons (Fsp3) is 0.182. The van der Waals surface area contributed by atoms with E-state index in [1.807, 2.05) is 25.1 Å². The van der Waals surface area contributed by atoms with Gasteiger partial charge in [0, 0.05) is 18.3 Å². The van der Waals surface area contributed by atoms with E-state index in [-0.39, 0.29) is 22.5 Å². The number of hydrogen-bond acceptors (Lipinski definition) is 7. The number of benzene rings is 1. The molecule has 0 atom stereocenters. The summed E-state index contributed by atoms with van der Waals surface area (Å²) in [6.45, 7) is 1.26. The summed E-state index contributed by atoms with van der Waals surface area (Å²) in [4.78, 5) is 19.6. The van der Waals surface area contributed by atoms with E-state index in [2.05, 4.69) is 15.2 Å². The normalized spacial score (nSPS) is 11.1. The monoisotopic (exact) mass is 433 g/mol. The molecule has 0 radical (unpaired) electrons. The van der Waals surface area contributed by atoms with Gasteiger partial charge in [-0.25, -0.2) is 4.39 Å². The summed E-state index contributed by atoms with van der Waals surface area (Å²) in [5, 5.41) is 16.2. The Morgan fingerprint density at radius 2 is 2.12 bits per heavy atom. The first-order valence-electron chi connectivity index (χ1n) is 9.73. The molecule has 1 aromatic carbocycles. The Labute approximate surface area is 182 Å². The number of aromatic nitrogens is 4. The van der Waals surface area contributed by atoms with Gasteiger partial charge in [-0.15, -0.1) is 0 Å². The number of nitrogens with zero attached hydrogens (tertiary/aromatic N) is 5. The molecule has 0 aliphatic carbocycles. The number of pyridine rings is 2. The van der Waals surface area contributed by atoms with Crippen LogP contribution in [0.2, 0.25) is 0 Å². The largest absolute Gasteiger partial charge is 0.491 e. The minimum absolute atomic E-state index is 0.0112. The lowest BCUT2D eigenvalue weighted by Crippen LogP contribution is -2.21. The number of nitriles is 1. The maximum atomic E-state index is 14.7. The summed E-state index contributed by atoms with van der Waals surface area (Å²) in [7, 11) is 3.91. The number of H-pyrrole nitrogens is 1. The molecule has 3 aromatic heterocycles. The molecule has 0 aliphatic heterocycles. The van der Waals surface area contributed by atoms with E-state index in [0.29, 0.717) is 29.1 Å². The second kappa shape index (κ2) is 8.49. The Morgan fingerprint density at radius 3 is 2.81 bits per heavy atom. The van der Waals surface area contributed by atoms with Crippen LogP contribution in [-0.4, -0.2) is 51.9 Å². The Bertz CT molecular complexity index is 1380. The molecule has 3 heterocycles. The standard InChI is InChI=1S/C22H20FN7O2/c1-29(2)8-9-32-14-6-7-17(26-11-14)15-12-30(20-13(10-24)4-3-5-16(20)23)22(31)18-19(15)27-28-21(18)25/h3-7,11-12H,8-9H2,1-2H3,(H3,25,27,28). The van der Waals surface area contributed by atoms with Crippen molar-refractivity contribution < 1.29 is 9.13 Å². The van der Waals surface area contributed by atoms with E-state index in [9.17, 15) is 14.4 Å². The van der Waals surface area contributed by atoms with Gasteiger partial charge in [-0.3, -0.25) is 19.4 Å². The van der Waals surface area contributed by atoms with Crippen LogP contribution in [0.3, 0.4) is 0 Å². The van der Waals surface area contributed by atoms with E-state index in [0.717, 1.165) is 11.1 Å². The molecule has 0 fully saturated rings. The predicted octanol–water partition coefficient (Wildman–Crippen LogP) is 2.31. The highest BCUT2D eigenvalue weighted by Gasteiger charge is 2.20. The summed E-state index contributed by atoms with van der Waals surface area (Å²) in [6, 6.07) is 9.42. The lowest BCUT2D eigenvalue weighted by molar-refractivity contribution is 0.260. The third-order valence-electron chi connectivity index (χ3n) is 4.92. The fourth-order valence-corrected chi connectivity index (χ4v) is 3.32. The van der Waals surface area contributed by atoms with Crippen LogP contribution in [0.4, 0.5) is 10.2 Å².